The molecule has 0 aliphatic carbocycles. The molecule has 0 atom stereocenters. The molecule has 3 rings (SSSR count). The van der Waals surface area contributed by atoms with Gasteiger partial charge in [-0.05, 0) is 81.6 Å². The summed E-state index contributed by atoms with van der Waals surface area (Å²) < 4.78 is 86.8. The third-order valence-corrected chi connectivity index (χ3v) is 5.20. The number of ketones is 1. The molecule has 0 aliphatic heterocycles. The molecular weight excluding hydrogens is 422 g/mol. The molecule has 0 spiro atoms. The zero-order valence-electron chi connectivity index (χ0n) is 27.2. The maximum atomic E-state index is 13.8. The lowest BCUT2D eigenvalue weighted by atomic mass is 10.1. The van der Waals surface area contributed by atoms with Crippen molar-refractivity contribution >= 4 is 28.3 Å². The number of hydrogen-bond acceptors (Lipinski definition) is 4. The van der Waals surface area contributed by atoms with Gasteiger partial charge in [-0.2, -0.15) is 0 Å². The summed E-state index contributed by atoms with van der Waals surface area (Å²) in [5.74, 6) is -2.94. The molecule has 162 valence electrons. The molecule has 0 saturated carbocycles. The van der Waals surface area contributed by atoms with E-state index in [9.17, 15) is 9.59 Å². The van der Waals surface area contributed by atoms with E-state index in [1.807, 2.05) is 0 Å². The summed E-state index contributed by atoms with van der Waals surface area (Å²) in [5.41, 5.74) is -2.01. The molecule has 0 fully saturated rings. The van der Waals surface area contributed by atoms with Gasteiger partial charge in [-0.3, -0.25) is 14.2 Å². The molecule has 7 heteroatoms. The Morgan fingerprint density at radius 1 is 0.806 bits per heavy atom. The number of carbonyl (C=O) groups excluding carboxylic acids is 2. The van der Waals surface area contributed by atoms with Gasteiger partial charge >= 0.3 is 0 Å². The molecule has 0 N–H and O–H groups in total. The van der Waals surface area contributed by atoms with Crippen LogP contribution in [0.1, 0.15) is 38.7 Å². The van der Waals surface area contributed by atoms with E-state index in [0.717, 1.165) is 12.1 Å². The van der Waals surface area contributed by atoms with Crippen molar-refractivity contribution in [2.24, 2.45) is 0 Å². The Morgan fingerprint density at radius 2 is 1.32 bits per heavy atom. The Labute approximate surface area is 198 Å². The van der Waals surface area contributed by atoms with Crippen LogP contribution in [0.15, 0.2) is 66.6 Å². The topological polar surface area (TPSA) is 57.5 Å². The Balaban J connectivity index is 2.31. The van der Waals surface area contributed by atoms with Gasteiger partial charge in [0.1, 0.15) is 11.5 Å². The third kappa shape index (κ3) is 6.05. The first-order valence-corrected chi connectivity index (χ1v) is 16.4. The average Bonchev–Trinajstić information content (AvgIpc) is 3.01. The summed E-state index contributed by atoms with van der Waals surface area (Å²) in [6, 6.07) is -2.53. The van der Waals surface area contributed by atoms with E-state index in [4.69, 9.17) is 21.2 Å². The molecule has 0 amide bonds. The highest BCUT2D eigenvalue weighted by Crippen LogP contribution is 2.22. The smallest absolute Gasteiger partial charge is 0.262 e. The molecule has 1 aromatic heterocycles. The van der Waals surface area contributed by atoms with E-state index in [-0.39, 0.29) is 23.6 Å². The molecule has 2 aromatic carbocycles. The van der Waals surface area contributed by atoms with Crippen LogP contribution in [0.3, 0.4) is 0 Å². The molecule has 5 nitrogen and oxygen atoms in total. The van der Waals surface area contributed by atoms with Gasteiger partial charge in [0.05, 0.1) is 18.0 Å². The van der Waals surface area contributed by atoms with Gasteiger partial charge in [0.2, 0.25) is 22.4 Å². The van der Waals surface area contributed by atoms with Gasteiger partial charge < -0.3 is 8.85 Å². The molecule has 31 heavy (non-hydrogen) atoms. The average molecular weight is 461 g/mol. The van der Waals surface area contributed by atoms with Crippen molar-refractivity contribution < 1.29 is 30.8 Å². The van der Waals surface area contributed by atoms with Crippen LogP contribution in [0.25, 0.3) is 0 Å². The minimum Gasteiger partial charge on any atom is -0.544 e. The van der Waals surface area contributed by atoms with Crippen LogP contribution in [0, 0.1) is 0 Å². The predicted octanol–water partition coefficient (Wildman–Crippen LogP) is 5.84. The minimum atomic E-state index is -2.38. The monoisotopic (exact) mass is 460 g/mol. The summed E-state index contributed by atoms with van der Waals surface area (Å²) >= 11 is 0. The number of rotatable bonds is 7. The lowest BCUT2D eigenvalue weighted by molar-refractivity contribution is 0.0933. The highest BCUT2D eigenvalue weighted by Gasteiger charge is 2.22. The van der Waals surface area contributed by atoms with Crippen LogP contribution in [-0.2, 0) is 0 Å². The fourth-order valence-corrected chi connectivity index (χ4v) is 3.92. The van der Waals surface area contributed by atoms with Crippen LogP contribution in [-0.4, -0.2) is 32.9 Å². The molecule has 0 saturated heterocycles. The molecule has 0 aliphatic rings. The van der Waals surface area contributed by atoms with E-state index < -0.39 is 87.6 Å². The van der Waals surface area contributed by atoms with Crippen LogP contribution in [0.4, 0.5) is 0 Å². The number of aromatic nitrogens is 1. The van der Waals surface area contributed by atoms with Crippen molar-refractivity contribution in [3.05, 3.63) is 83.5 Å². The van der Waals surface area contributed by atoms with Crippen LogP contribution >= 0.6 is 0 Å². The quantitative estimate of drug-likeness (QED) is 0.328. The minimum absolute atomic E-state index is 0.243. The molecule has 3 aromatic rings. The molecule has 0 bridgehead atoms. The first-order valence-electron chi connectivity index (χ1n) is 14.1. The largest absolute Gasteiger partial charge is 0.544 e. The van der Waals surface area contributed by atoms with E-state index >= 15 is 0 Å². The maximum absolute atomic E-state index is 13.8. The van der Waals surface area contributed by atoms with Crippen molar-refractivity contribution in [3.63, 3.8) is 0 Å². The Hall–Kier alpha value is -2.91. The number of carbonyl (C=O) groups is 2. The van der Waals surface area contributed by atoms with Gasteiger partial charge in [0, 0.05) is 17.3 Å². The summed E-state index contributed by atoms with van der Waals surface area (Å²) in [6.45, 7) is 10.8. The Morgan fingerprint density at radius 3 is 1.87 bits per heavy atom. The van der Waals surface area contributed by atoms with Crippen molar-refractivity contribution in [2.45, 2.75) is 39.3 Å². The van der Waals surface area contributed by atoms with E-state index in [1.54, 1.807) is 39.3 Å². The van der Waals surface area contributed by atoms with Gasteiger partial charge in [0.15, 0.2) is 0 Å². The highest BCUT2D eigenvalue weighted by molar-refractivity contribution is 6.70. The predicted molar refractivity (Wildman–Crippen MR) is 128 cm³/mol. The highest BCUT2D eigenvalue weighted by atomic mass is 28.4. The standard InChI is InChI=1S/C24H29NO4Si2/c1-30(2,3)28-20-12-7-10-18(16-20)23(26)22-14-9-15-25(22)24(27)19-11-8-13-21(17-19)29-31(4,5)6/h7-17H,1-6H3/i9D,10D,11D,12D,13D,14D,15D,16D,17D. The molecular formula is C24H29NO4Si2. The maximum Gasteiger partial charge on any atom is 0.262 e. The van der Waals surface area contributed by atoms with Gasteiger partial charge in [-0.15, -0.1) is 0 Å². The van der Waals surface area contributed by atoms with Crippen molar-refractivity contribution in [1.82, 2.24) is 4.57 Å². The zero-order chi connectivity index (χ0) is 30.6. The fraction of sp³-hybridized carbons (Fsp3) is 0.250. The van der Waals surface area contributed by atoms with Crippen molar-refractivity contribution in [2.75, 3.05) is 0 Å². The number of benzene rings is 2. The number of hydrogen-bond donors (Lipinski definition) is 0. The van der Waals surface area contributed by atoms with E-state index in [1.165, 1.54) is 0 Å². The molecule has 0 radical (unpaired) electrons. The summed E-state index contributed by atoms with van der Waals surface area (Å²) in [7, 11) is -4.76. The lowest BCUT2D eigenvalue weighted by Crippen LogP contribution is -2.29. The Kier molecular flexibility index (Phi) is 3.78. The van der Waals surface area contributed by atoms with E-state index in [2.05, 4.69) is 0 Å². The van der Waals surface area contributed by atoms with Gasteiger partial charge in [-0.25, -0.2) is 0 Å². The lowest BCUT2D eigenvalue weighted by Gasteiger charge is -2.20. The third-order valence-electron chi connectivity index (χ3n) is 3.56. The first-order chi connectivity index (χ1) is 18.2. The Bertz CT molecular complexity index is 1450. The normalized spacial score (nSPS) is 15.9. The fourth-order valence-electron chi connectivity index (χ4n) is 2.47. The zero-order valence-corrected chi connectivity index (χ0v) is 20.2. The second kappa shape index (κ2) is 8.68. The SMILES string of the molecule is [2H]c1cc([2H])c(C(=O)c2c([2H])c([2H])c([2H])n2C(=O)c2c([2H])cc([2H])c(O[Si](C)(C)C)c2[2H])c([2H])c1O[Si](C)(C)C. The van der Waals surface area contributed by atoms with Crippen LogP contribution in [0.5, 0.6) is 11.5 Å². The van der Waals surface area contributed by atoms with Gasteiger partial charge in [-0.1, -0.05) is 18.2 Å². The van der Waals surface area contributed by atoms with Crippen LogP contribution < -0.4 is 8.85 Å². The summed E-state index contributed by atoms with van der Waals surface area (Å²) in [5, 5.41) is 0. The second-order valence-corrected chi connectivity index (χ2v) is 17.5. The summed E-state index contributed by atoms with van der Waals surface area (Å²) in [4.78, 5) is 27.6. The summed E-state index contributed by atoms with van der Waals surface area (Å²) in [6.07, 6.45) is -0.867. The van der Waals surface area contributed by atoms with Crippen LogP contribution in [0.2, 0.25) is 39.3 Å². The second-order valence-electron chi connectivity index (χ2n) is 8.63. The molecule has 1 heterocycles. The van der Waals surface area contributed by atoms with Gasteiger partial charge in [0.25, 0.3) is 5.91 Å². The van der Waals surface area contributed by atoms with Crippen molar-refractivity contribution in [3.8, 4) is 11.5 Å². The number of nitrogens with zero attached hydrogens (tertiary/aromatic N) is 1. The van der Waals surface area contributed by atoms with E-state index in [0.29, 0.717) is 4.57 Å². The van der Waals surface area contributed by atoms with Crippen molar-refractivity contribution in [1.29, 1.82) is 0 Å². The first kappa shape index (κ1) is 13.5. The molecule has 0 unspecified atom stereocenters.